The Labute approximate surface area is 206 Å². The lowest BCUT2D eigenvalue weighted by Gasteiger charge is -2.10. The summed E-state index contributed by atoms with van der Waals surface area (Å²) in [5, 5.41) is 12.3. The molecule has 0 radical (unpaired) electrons. The van der Waals surface area contributed by atoms with Crippen molar-refractivity contribution in [1.29, 1.82) is 0 Å². The number of aryl methyl sites for hydroxylation is 1. The predicted octanol–water partition coefficient (Wildman–Crippen LogP) is 4.25. The van der Waals surface area contributed by atoms with E-state index in [1.807, 2.05) is 42.7 Å². The fourth-order valence-corrected chi connectivity index (χ4v) is 4.85. The van der Waals surface area contributed by atoms with E-state index in [0.29, 0.717) is 33.8 Å². The molecule has 1 N–H and O–H groups in total. The number of thiophene rings is 1. The van der Waals surface area contributed by atoms with Crippen molar-refractivity contribution in [2.24, 2.45) is 0 Å². The molecule has 9 nitrogen and oxygen atoms in total. The molecule has 0 atom stereocenters. The van der Waals surface area contributed by atoms with E-state index in [4.69, 9.17) is 14.2 Å². The van der Waals surface area contributed by atoms with Crippen molar-refractivity contribution in [3.8, 4) is 11.5 Å². The molecule has 3 rings (SSSR count). The van der Waals surface area contributed by atoms with Gasteiger partial charge in [0.15, 0.2) is 11.0 Å². The van der Waals surface area contributed by atoms with Crippen molar-refractivity contribution in [1.82, 2.24) is 14.8 Å². The van der Waals surface area contributed by atoms with Gasteiger partial charge in [0.2, 0.25) is 5.91 Å². The van der Waals surface area contributed by atoms with E-state index in [9.17, 15) is 9.59 Å². The molecule has 180 valence electrons. The summed E-state index contributed by atoms with van der Waals surface area (Å²) in [5.41, 5.74) is 1.18. The minimum atomic E-state index is -0.475. The van der Waals surface area contributed by atoms with Crippen molar-refractivity contribution in [2.45, 2.75) is 32.2 Å². The van der Waals surface area contributed by atoms with Crippen LogP contribution < -0.4 is 14.8 Å². The van der Waals surface area contributed by atoms with Gasteiger partial charge in [-0.25, -0.2) is 4.79 Å². The Kier molecular flexibility index (Phi) is 8.72. The predicted molar refractivity (Wildman–Crippen MR) is 132 cm³/mol. The number of esters is 1. The van der Waals surface area contributed by atoms with Crippen molar-refractivity contribution < 1.29 is 23.8 Å². The highest BCUT2D eigenvalue weighted by Gasteiger charge is 2.22. The van der Waals surface area contributed by atoms with Gasteiger partial charge >= 0.3 is 5.97 Å². The lowest BCUT2D eigenvalue weighted by molar-refractivity contribution is -0.113. The number of amides is 1. The lowest BCUT2D eigenvalue weighted by Crippen LogP contribution is -2.16. The maximum absolute atomic E-state index is 12.6. The van der Waals surface area contributed by atoms with Crippen LogP contribution in [0.1, 0.15) is 26.6 Å². The number of carbonyl (C=O) groups is 2. The number of nitrogens with one attached hydrogen (secondary N) is 1. The number of ether oxygens (including phenoxy) is 3. The molecule has 34 heavy (non-hydrogen) atoms. The number of benzene rings is 1. The summed E-state index contributed by atoms with van der Waals surface area (Å²) in [5.74, 6) is 1.37. The minimum absolute atomic E-state index is 0.0885. The molecular weight excluding hydrogens is 476 g/mol. The van der Waals surface area contributed by atoms with Gasteiger partial charge in [-0.15, -0.1) is 28.1 Å². The van der Waals surface area contributed by atoms with Crippen molar-refractivity contribution >= 4 is 40.0 Å². The largest absolute Gasteiger partial charge is 0.497 e. The molecule has 0 unspecified atom stereocenters. The highest BCUT2D eigenvalue weighted by Crippen LogP contribution is 2.33. The summed E-state index contributed by atoms with van der Waals surface area (Å²) in [6, 6.07) is 7.24. The van der Waals surface area contributed by atoms with Crippen molar-refractivity contribution in [3.63, 3.8) is 0 Å². The molecule has 0 aliphatic heterocycles. The summed E-state index contributed by atoms with van der Waals surface area (Å²) in [6.45, 7) is 8.18. The standard InChI is InChI=1S/C23H26N4O5S2/c1-6-11-27-18(12-32-17-9-7-16(30-4)8-10-17)25-26-23(27)33-13-19(28)24-21-20(22(29)31-5)14(2)15(3)34-21/h6-10H,1,11-13H2,2-5H3,(H,24,28). The van der Waals surface area contributed by atoms with Gasteiger partial charge in [0.1, 0.15) is 23.1 Å². The summed E-state index contributed by atoms with van der Waals surface area (Å²) < 4.78 is 17.7. The molecule has 11 heteroatoms. The zero-order valence-electron chi connectivity index (χ0n) is 19.4. The second kappa shape index (κ2) is 11.7. The van der Waals surface area contributed by atoms with Gasteiger partial charge in [-0.2, -0.15) is 0 Å². The van der Waals surface area contributed by atoms with Crippen LogP contribution in [-0.4, -0.2) is 46.6 Å². The van der Waals surface area contributed by atoms with Gasteiger partial charge in [0.05, 0.1) is 25.5 Å². The van der Waals surface area contributed by atoms with Crippen LogP contribution in [0.3, 0.4) is 0 Å². The zero-order chi connectivity index (χ0) is 24.7. The van der Waals surface area contributed by atoms with Gasteiger partial charge in [0, 0.05) is 11.4 Å². The topological polar surface area (TPSA) is 105 Å². The first kappa shape index (κ1) is 25.3. The number of nitrogens with zero attached hydrogens (tertiary/aromatic N) is 3. The van der Waals surface area contributed by atoms with Gasteiger partial charge in [-0.1, -0.05) is 17.8 Å². The third-order valence-electron chi connectivity index (χ3n) is 4.89. The number of aromatic nitrogens is 3. The monoisotopic (exact) mass is 502 g/mol. The van der Waals surface area contributed by atoms with Crippen LogP contribution in [0.5, 0.6) is 11.5 Å². The number of rotatable bonds is 11. The molecule has 0 fully saturated rings. The maximum Gasteiger partial charge on any atom is 0.341 e. The second-order valence-electron chi connectivity index (χ2n) is 7.08. The Morgan fingerprint density at radius 2 is 1.88 bits per heavy atom. The summed E-state index contributed by atoms with van der Waals surface area (Å²) in [6.07, 6.45) is 1.73. The third kappa shape index (κ3) is 5.97. The van der Waals surface area contributed by atoms with Crippen LogP contribution in [0, 0.1) is 13.8 Å². The highest BCUT2D eigenvalue weighted by atomic mass is 32.2. The van der Waals surface area contributed by atoms with E-state index >= 15 is 0 Å². The van der Waals surface area contributed by atoms with Crippen molar-refractivity contribution in [2.75, 3.05) is 25.3 Å². The third-order valence-corrected chi connectivity index (χ3v) is 6.98. The lowest BCUT2D eigenvalue weighted by atomic mass is 10.1. The minimum Gasteiger partial charge on any atom is -0.497 e. The molecule has 0 bridgehead atoms. The molecule has 3 aromatic rings. The number of methoxy groups -OCH3 is 2. The average Bonchev–Trinajstić information content (AvgIpc) is 3.35. The number of hydrogen-bond acceptors (Lipinski definition) is 9. The van der Waals surface area contributed by atoms with Crippen LogP contribution in [-0.2, 0) is 22.7 Å². The van der Waals surface area contributed by atoms with E-state index in [-0.39, 0.29) is 18.3 Å². The summed E-state index contributed by atoms with van der Waals surface area (Å²) in [4.78, 5) is 25.7. The Bertz CT molecular complexity index is 1170. The number of allylic oxidation sites excluding steroid dienone is 1. The number of hydrogen-bond donors (Lipinski definition) is 1. The Hall–Kier alpha value is -3.31. The molecule has 0 saturated heterocycles. The van der Waals surface area contributed by atoms with E-state index in [0.717, 1.165) is 16.2 Å². The van der Waals surface area contributed by atoms with E-state index in [2.05, 4.69) is 22.1 Å². The van der Waals surface area contributed by atoms with Crippen LogP contribution in [0.4, 0.5) is 5.00 Å². The second-order valence-corrected chi connectivity index (χ2v) is 9.25. The molecule has 2 aromatic heterocycles. The Balaban J connectivity index is 1.65. The first-order chi connectivity index (χ1) is 16.4. The molecule has 1 aromatic carbocycles. The van der Waals surface area contributed by atoms with Crippen LogP contribution in [0.15, 0.2) is 42.1 Å². The molecule has 2 heterocycles. The molecule has 1 amide bonds. The van der Waals surface area contributed by atoms with Gasteiger partial charge in [-0.3, -0.25) is 9.36 Å². The number of carbonyl (C=O) groups excluding carboxylic acids is 2. The zero-order valence-corrected chi connectivity index (χ0v) is 21.0. The van der Waals surface area contributed by atoms with E-state index in [1.54, 1.807) is 13.2 Å². The number of thioether (sulfide) groups is 1. The van der Waals surface area contributed by atoms with Crippen LogP contribution in [0.25, 0.3) is 0 Å². The van der Waals surface area contributed by atoms with Gasteiger partial charge in [-0.05, 0) is 43.7 Å². The molecule has 0 saturated carbocycles. The molecular formula is C23H26N4O5S2. The SMILES string of the molecule is C=CCn1c(COc2ccc(OC)cc2)nnc1SCC(=O)Nc1sc(C)c(C)c1C(=O)OC. The normalized spacial score (nSPS) is 10.6. The fraction of sp³-hybridized carbons (Fsp3) is 0.304. The van der Waals surface area contributed by atoms with Crippen LogP contribution in [0.2, 0.25) is 0 Å². The van der Waals surface area contributed by atoms with Gasteiger partial charge < -0.3 is 19.5 Å². The first-order valence-electron chi connectivity index (χ1n) is 10.3. The van der Waals surface area contributed by atoms with Crippen molar-refractivity contribution in [3.05, 3.63) is 58.7 Å². The average molecular weight is 503 g/mol. The smallest absolute Gasteiger partial charge is 0.341 e. The molecule has 0 aliphatic carbocycles. The highest BCUT2D eigenvalue weighted by molar-refractivity contribution is 7.99. The fourth-order valence-electron chi connectivity index (χ4n) is 3.02. The van der Waals surface area contributed by atoms with Gasteiger partial charge in [0.25, 0.3) is 0 Å². The summed E-state index contributed by atoms with van der Waals surface area (Å²) >= 11 is 2.58. The Morgan fingerprint density at radius 3 is 2.53 bits per heavy atom. The first-order valence-corrected chi connectivity index (χ1v) is 12.1. The van der Waals surface area contributed by atoms with Crippen LogP contribution >= 0.6 is 23.1 Å². The quantitative estimate of drug-likeness (QED) is 0.236. The van der Waals surface area contributed by atoms with E-state index < -0.39 is 5.97 Å². The Morgan fingerprint density at radius 1 is 1.18 bits per heavy atom. The maximum atomic E-state index is 12.6. The molecule has 0 aliphatic rings. The molecule has 0 spiro atoms. The summed E-state index contributed by atoms with van der Waals surface area (Å²) in [7, 11) is 2.92. The number of anilines is 1. The van der Waals surface area contributed by atoms with E-state index in [1.165, 1.54) is 30.2 Å².